The van der Waals surface area contributed by atoms with Crippen molar-refractivity contribution >= 4 is 12.1 Å². The van der Waals surface area contributed by atoms with E-state index >= 15 is 0 Å². The lowest BCUT2D eigenvalue weighted by molar-refractivity contribution is -0.121. The standard InChI is InChI=1S/C16H16N2O2/c19-15-9-5-4-8-14(15)12-17-18-16(20)11-10-13-6-2-1-3-7-13/h1-9,12,19H,10-11H2,(H,18,20)/b17-12-. The summed E-state index contributed by atoms with van der Waals surface area (Å²) in [6.45, 7) is 0. The second-order valence-electron chi connectivity index (χ2n) is 4.34. The third-order valence-electron chi connectivity index (χ3n) is 2.81. The highest BCUT2D eigenvalue weighted by Gasteiger charge is 2.00. The number of phenols is 1. The minimum Gasteiger partial charge on any atom is -0.507 e. The molecule has 0 unspecified atom stereocenters. The number of phenolic OH excluding ortho intramolecular Hbond substituents is 1. The molecule has 0 aliphatic heterocycles. The summed E-state index contributed by atoms with van der Waals surface area (Å²) in [5, 5.41) is 13.4. The number of nitrogens with one attached hydrogen (secondary N) is 1. The van der Waals surface area contributed by atoms with Crippen LogP contribution in [-0.4, -0.2) is 17.2 Å². The number of hydrazone groups is 1. The van der Waals surface area contributed by atoms with E-state index < -0.39 is 0 Å². The van der Waals surface area contributed by atoms with Gasteiger partial charge in [-0.05, 0) is 24.1 Å². The number of carbonyl (C=O) groups is 1. The highest BCUT2D eigenvalue weighted by Crippen LogP contribution is 2.12. The summed E-state index contributed by atoms with van der Waals surface area (Å²) in [5.74, 6) is -0.0182. The number of aromatic hydroxyl groups is 1. The summed E-state index contributed by atoms with van der Waals surface area (Å²) in [4.78, 5) is 11.6. The molecule has 2 N–H and O–H groups in total. The number of benzene rings is 2. The molecule has 0 saturated heterocycles. The number of rotatable bonds is 5. The van der Waals surface area contributed by atoms with Crippen LogP contribution < -0.4 is 5.43 Å². The Morgan fingerprint density at radius 1 is 1.10 bits per heavy atom. The lowest BCUT2D eigenvalue weighted by Crippen LogP contribution is -2.17. The Morgan fingerprint density at radius 3 is 2.55 bits per heavy atom. The van der Waals surface area contributed by atoms with Gasteiger partial charge in [0.05, 0.1) is 6.21 Å². The SMILES string of the molecule is O=C(CCc1ccccc1)N/N=C\c1ccccc1O. The van der Waals surface area contributed by atoms with Gasteiger partial charge in [0.2, 0.25) is 5.91 Å². The average molecular weight is 268 g/mol. The molecular weight excluding hydrogens is 252 g/mol. The molecule has 0 aliphatic carbocycles. The molecule has 0 bridgehead atoms. The van der Waals surface area contributed by atoms with Crippen LogP contribution in [0.15, 0.2) is 59.7 Å². The van der Waals surface area contributed by atoms with Gasteiger partial charge in [0.15, 0.2) is 0 Å². The van der Waals surface area contributed by atoms with Crippen LogP contribution in [0.5, 0.6) is 5.75 Å². The Bertz CT molecular complexity index is 594. The fourth-order valence-corrected chi connectivity index (χ4v) is 1.73. The summed E-state index contributed by atoms with van der Waals surface area (Å²) in [5.41, 5.74) is 4.13. The maximum Gasteiger partial charge on any atom is 0.240 e. The number of aryl methyl sites for hydroxylation is 1. The molecule has 4 heteroatoms. The van der Waals surface area contributed by atoms with Gasteiger partial charge in [-0.2, -0.15) is 5.10 Å². The molecule has 0 spiro atoms. The van der Waals surface area contributed by atoms with Crippen molar-refractivity contribution in [3.05, 3.63) is 65.7 Å². The van der Waals surface area contributed by atoms with E-state index in [9.17, 15) is 9.90 Å². The largest absolute Gasteiger partial charge is 0.507 e. The zero-order valence-corrected chi connectivity index (χ0v) is 11.0. The first-order valence-electron chi connectivity index (χ1n) is 6.39. The Morgan fingerprint density at radius 2 is 1.80 bits per heavy atom. The third-order valence-corrected chi connectivity index (χ3v) is 2.81. The summed E-state index contributed by atoms with van der Waals surface area (Å²) < 4.78 is 0. The fourth-order valence-electron chi connectivity index (χ4n) is 1.73. The zero-order valence-electron chi connectivity index (χ0n) is 11.0. The molecule has 0 radical (unpaired) electrons. The van der Waals surface area contributed by atoms with Gasteiger partial charge in [-0.3, -0.25) is 4.79 Å². The van der Waals surface area contributed by atoms with Crippen LogP contribution in [0, 0.1) is 0 Å². The van der Waals surface area contributed by atoms with Gasteiger partial charge in [0.1, 0.15) is 5.75 Å². The van der Waals surface area contributed by atoms with Crippen LogP contribution >= 0.6 is 0 Å². The average Bonchev–Trinajstić information content (AvgIpc) is 2.48. The monoisotopic (exact) mass is 268 g/mol. The van der Waals surface area contributed by atoms with Gasteiger partial charge in [0, 0.05) is 12.0 Å². The lowest BCUT2D eigenvalue weighted by Gasteiger charge is -2.01. The van der Waals surface area contributed by atoms with Crippen LogP contribution in [-0.2, 0) is 11.2 Å². The second kappa shape index (κ2) is 7.09. The van der Waals surface area contributed by atoms with Gasteiger partial charge in [-0.15, -0.1) is 0 Å². The van der Waals surface area contributed by atoms with Gasteiger partial charge < -0.3 is 5.11 Å². The number of amides is 1. The van der Waals surface area contributed by atoms with E-state index in [1.807, 2.05) is 30.3 Å². The first kappa shape index (κ1) is 13.8. The molecule has 2 aromatic carbocycles. The summed E-state index contributed by atoms with van der Waals surface area (Å²) in [6.07, 6.45) is 2.48. The van der Waals surface area contributed by atoms with Crippen LogP contribution in [0.2, 0.25) is 0 Å². The maximum atomic E-state index is 11.6. The Hall–Kier alpha value is -2.62. The predicted molar refractivity (Wildman–Crippen MR) is 78.6 cm³/mol. The van der Waals surface area contributed by atoms with E-state index in [4.69, 9.17) is 0 Å². The summed E-state index contributed by atoms with van der Waals surface area (Å²) >= 11 is 0. The molecular formula is C16H16N2O2. The molecule has 0 aromatic heterocycles. The van der Waals surface area contributed by atoms with Crippen molar-refractivity contribution in [3.8, 4) is 5.75 Å². The molecule has 0 aliphatic rings. The smallest absolute Gasteiger partial charge is 0.240 e. The molecule has 4 nitrogen and oxygen atoms in total. The Balaban J connectivity index is 1.79. The Labute approximate surface area is 117 Å². The normalized spacial score (nSPS) is 10.6. The lowest BCUT2D eigenvalue weighted by atomic mass is 10.1. The number of nitrogens with zero attached hydrogens (tertiary/aromatic N) is 1. The van der Waals surface area contributed by atoms with Gasteiger partial charge in [-0.25, -0.2) is 5.43 Å². The fraction of sp³-hybridized carbons (Fsp3) is 0.125. The van der Waals surface area contributed by atoms with E-state index in [-0.39, 0.29) is 11.7 Å². The first-order valence-corrected chi connectivity index (χ1v) is 6.39. The first-order chi connectivity index (χ1) is 9.75. The minimum atomic E-state index is -0.152. The molecule has 0 atom stereocenters. The van der Waals surface area contributed by atoms with Crippen LogP contribution in [0.25, 0.3) is 0 Å². The van der Waals surface area contributed by atoms with E-state index in [0.717, 1.165) is 5.56 Å². The summed E-state index contributed by atoms with van der Waals surface area (Å²) in [6, 6.07) is 16.6. The predicted octanol–water partition coefficient (Wildman–Crippen LogP) is 2.48. The number of hydrogen-bond acceptors (Lipinski definition) is 3. The van der Waals surface area contributed by atoms with Crippen LogP contribution in [0.1, 0.15) is 17.5 Å². The van der Waals surface area contributed by atoms with E-state index in [2.05, 4.69) is 10.5 Å². The summed E-state index contributed by atoms with van der Waals surface area (Å²) in [7, 11) is 0. The molecule has 2 rings (SSSR count). The van der Waals surface area contributed by atoms with E-state index in [0.29, 0.717) is 18.4 Å². The van der Waals surface area contributed by atoms with Gasteiger partial charge in [0.25, 0.3) is 0 Å². The molecule has 0 saturated carbocycles. The van der Waals surface area contributed by atoms with E-state index in [1.165, 1.54) is 6.21 Å². The molecule has 1 amide bonds. The minimum absolute atomic E-state index is 0.134. The van der Waals surface area contributed by atoms with Crippen molar-refractivity contribution in [2.75, 3.05) is 0 Å². The topological polar surface area (TPSA) is 61.7 Å². The molecule has 2 aromatic rings. The van der Waals surface area contributed by atoms with Crippen molar-refractivity contribution in [2.24, 2.45) is 5.10 Å². The quantitative estimate of drug-likeness (QED) is 0.646. The van der Waals surface area contributed by atoms with E-state index in [1.54, 1.807) is 24.3 Å². The van der Waals surface area contributed by atoms with Crippen molar-refractivity contribution in [1.82, 2.24) is 5.43 Å². The zero-order chi connectivity index (χ0) is 14.2. The second-order valence-corrected chi connectivity index (χ2v) is 4.34. The van der Waals surface area contributed by atoms with Gasteiger partial charge >= 0.3 is 0 Å². The number of para-hydroxylation sites is 1. The molecule has 0 fully saturated rings. The van der Waals surface area contributed by atoms with Crippen molar-refractivity contribution < 1.29 is 9.90 Å². The Kier molecular flexibility index (Phi) is 4.89. The van der Waals surface area contributed by atoms with Gasteiger partial charge in [-0.1, -0.05) is 42.5 Å². The molecule has 102 valence electrons. The number of hydrogen-bond donors (Lipinski definition) is 2. The van der Waals surface area contributed by atoms with Crippen LogP contribution in [0.3, 0.4) is 0 Å². The molecule has 0 heterocycles. The van der Waals surface area contributed by atoms with Crippen LogP contribution in [0.4, 0.5) is 0 Å². The third kappa shape index (κ3) is 4.24. The van der Waals surface area contributed by atoms with Crippen molar-refractivity contribution in [2.45, 2.75) is 12.8 Å². The number of carbonyl (C=O) groups excluding carboxylic acids is 1. The maximum absolute atomic E-state index is 11.6. The van der Waals surface area contributed by atoms with Crippen molar-refractivity contribution in [3.63, 3.8) is 0 Å². The van der Waals surface area contributed by atoms with Crippen molar-refractivity contribution in [1.29, 1.82) is 0 Å². The highest BCUT2D eigenvalue weighted by atomic mass is 16.3. The highest BCUT2D eigenvalue weighted by molar-refractivity contribution is 5.85. The molecule has 20 heavy (non-hydrogen) atoms.